The number of ether oxygens (including phenoxy) is 1. The molecule has 0 bridgehead atoms. The number of hydrogen-bond acceptors (Lipinski definition) is 4. The van der Waals surface area contributed by atoms with Crippen molar-refractivity contribution in [2.24, 2.45) is 0 Å². The molecule has 0 radical (unpaired) electrons. The van der Waals surface area contributed by atoms with Crippen LogP contribution < -0.4 is 10.5 Å². The quantitative estimate of drug-likeness (QED) is 0.564. The summed E-state index contributed by atoms with van der Waals surface area (Å²) < 4.78 is 4.98. The van der Waals surface area contributed by atoms with Gasteiger partial charge in [0.1, 0.15) is 0 Å². The highest BCUT2D eigenvalue weighted by atomic mass is 16.5. The number of rotatable bonds is 2. The van der Waals surface area contributed by atoms with E-state index < -0.39 is 0 Å². The van der Waals surface area contributed by atoms with E-state index in [1.165, 1.54) is 26.2 Å². The molecule has 0 aromatic heterocycles. The first-order chi connectivity index (χ1) is 6.60. The molecule has 0 saturated carbocycles. The van der Waals surface area contributed by atoms with Crippen LogP contribution in [0.4, 0.5) is 5.69 Å². The number of Topliss-reactive ketones (excluding diaryl/α,β-unsaturated/α-hetero) is 1. The molecule has 0 atom stereocenters. The van der Waals surface area contributed by atoms with Gasteiger partial charge in [-0.15, -0.1) is 0 Å². The van der Waals surface area contributed by atoms with E-state index in [0.717, 1.165) is 0 Å². The Bertz CT molecular complexity index is 419. The lowest BCUT2D eigenvalue weighted by molar-refractivity contribution is 0.101. The van der Waals surface area contributed by atoms with Gasteiger partial charge in [-0.2, -0.15) is 5.26 Å². The van der Waals surface area contributed by atoms with E-state index in [4.69, 9.17) is 15.7 Å². The van der Waals surface area contributed by atoms with E-state index in [2.05, 4.69) is 0 Å². The molecule has 0 fully saturated rings. The van der Waals surface area contributed by atoms with Crippen molar-refractivity contribution < 1.29 is 9.53 Å². The van der Waals surface area contributed by atoms with Crippen molar-refractivity contribution in [3.63, 3.8) is 0 Å². The molecule has 2 N–H and O–H groups in total. The standard InChI is InChI=1S/C10H10N2O2/c1-6(13)8-3-7(5-11)4-9(12)10(8)14-2/h3-4H,12H2,1-2H3. The van der Waals surface area contributed by atoms with Gasteiger partial charge in [0.05, 0.1) is 30.0 Å². The van der Waals surface area contributed by atoms with E-state index in [0.29, 0.717) is 22.6 Å². The van der Waals surface area contributed by atoms with Crippen LogP contribution in [-0.4, -0.2) is 12.9 Å². The van der Waals surface area contributed by atoms with Gasteiger partial charge in [-0.05, 0) is 19.1 Å². The smallest absolute Gasteiger partial charge is 0.163 e. The Morgan fingerprint density at radius 3 is 2.64 bits per heavy atom. The third-order valence-corrected chi connectivity index (χ3v) is 1.83. The van der Waals surface area contributed by atoms with Gasteiger partial charge in [-0.1, -0.05) is 0 Å². The molecule has 0 spiro atoms. The fourth-order valence-electron chi connectivity index (χ4n) is 1.21. The van der Waals surface area contributed by atoms with Gasteiger partial charge in [0.25, 0.3) is 0 Å². The number of ketones is 1. The highest BCUT2D eigenvalue weighted by Crippen LogP contribution is 2.28. The summed E-state index contributed by atoms with van der Waals surface area (Å²) in [5.41, 5.74) is 6.61. The van der Waals surface area contributed by atoms with Crippen LogP contribution >= 0.6 is 0 Å². The lowest BCUT2D eigenvalue weighted by Crippen LogP contribution is -2.02. The van der Waals surface area contributed by atoms with Gasteiger partial charge in [0.15, 0.2) is 11.5 Å². The maximum absolute atomic E-state index is 11.2. The zero-order valence-corrected chi connectivity index (χ0v) is 8.00. The maximum atomic E-state index is 11.2. The van der Waals surface area contributed by atoms with E-state index in [9.17, 15) is 4.79 Å². The Labute approximate surface area is 81.9 Å². The topological polar surface area (TPSA) is 76.1 Å². The van der Waals surface area contributed by atoms with Crippen molar-refractivity contribution >= 4 is 11.5 Å². The van der Waals surface area contributed by atoms with Crippen LogP contribution in [0.5, 0.6) is 5.75 Å². The van der Waals surface area contributed by atoms with Gasteiger partial charge in [-0.25, -0.2) is 0 Å². The van der Waals surface area contributed by atoms with Crippen molar-refractivity contribution in [2.45, 2.75) is 6.92 Å². The molecule has 72 valence electrons. The lowest BCUT2D eigenvalue weighted by Gasteiger charge is -2.08. The second-order valence-electron chi connectivity index (χ2n) is 2.81. The molecule has 1 aromatic carbocycles. The summed E-state index contributed by atoms with van der Waals surface area (Å²) in [7, 11) is 1.43. The fourth-order valence-corrected chi connectivity index (χ4v) is 1.21. The maximum Gasteiger partial charge on any atom is 0.163 e. The molecule has 0 saturated heterocycles. The summed E-state index contributed by atoms with van der Waals surface area (Å²) in [6.45, 7) is 1.40. The number of hydrogen-bond donors (Lipinski definition) is 1. The molecule has 0 aliphatic heterocycles. The zero-order valence-electron chi connectivity index (χ0n) is 8.00. The first-order valence-electron chi connectivity index (χ1n) is 3.98. The normalized spacial score (nSPS) is 9.21. The van der Waals surface area contributed by atoms with E-state index in [1.54, 1.807) is 0 Å². The summed E-state index contributed by atoms with van der Waals surface area (Å²) in [5.74, 6) is 0.155. The minimum absolute atomic E-state index is 0.175. The minimum Gasteiger partial charge on any atom is -0.494 e. The second kappa shape index (κ2) is 3.79. The molecule has 14 heavy (non-hydrogen) atoms. The number of nitriles is 1. The fraction of sp³-hybridized carbons (Fsp3) is 0.200. The van der Waals surface area contributed by atoms with E-state index in [1.807, 2.05) is 6.07 Å². The molecule has 1 rings (SSSR count). The monoisotopic (exact) mass is 190 g/mol. The average Bonchev–Trinajstić information content (AvgIpc) is 2.16. The van der Waals surface area contributed by atoms with E-state index >= 15 is 0 Å². The number of nitrogens with two attached hydrogens (primary N) is 1. The summed E-state index contributed by atoms with van der Waals surface area (Å²) in [5, 5.41) is 8.67. The predicted octanol–water partition coefficient (Wildman–Crippen LogP) is 1.35. The van der Waals surface area contributed by atoms with Crippen molar-refractivity contribution in [2.75, 3.05) is 12.8 Å². The molecule has 4 heteroatoms. The highest BCUT2D eigenvalue weighted by molar-refractivity contribution is 5.99. The molecule has 1 aromatic rings. The Kier molecular flexibility index (Phi) is 2.73. The van der Waals surface area contributed by atoms with Gasteiger partial charge < -0.3 is 10.5 Å². The third-order valence-electron chi connectivity index (χ3n) is 1.83. The Morgan fingerprint density at radius 2 is 2.21 bits per heavy atom. The van der Waals surface area contributed by atoms with Crippen molar-refractivity contribution in [1.82, 2.24) is 0 Å². The molecular formula is C10H10N2O2. The lowest BCUT2D eigenvalue weighted by atomic mass is 10.1. The number of carbonyl (C=O) groups excluding carboxylic acids is 1. The molecule has 0 amide bonds. The largest absolute Gasteiger partial charge is 0.494 e. The van der Waals surface area contributed by atoms with Crippen LogP contribution in [0.2, 0.25) is 0 Å². The Hall–Kier alpha value is -2.02. The van der Waals surface area contributed by atoms with Crippen LogP contribution in [0.25, 0.3) is 0 Å². The summed E-state index contributed by atoms with van der Waals surface area (Å²) in [6.07, 6.45) is 0. The highest BCUT2D eigenvalue weighted by Gasteiger charge is 2.12. The third kappa shape index (κ3) is 1.67. The minimum atomic E-state index is -0.175. The second-order valence-corrected chi connectivity index (χ2v) is 2.81. The SMILES string of the molecule is COc1c(N)cc(C#N)cc1C(C)=O. The zero-order chi connectivity index (χ0) is 10.7. The van der Waals surface area contributed by atoms with Crippen LogP contribution in [0.1, 0.15) is 22.8 Å². The van der Waals surface area contributed by atoms with Crippen molar-refractivity contribution in [3.05, 3.63) is 23.3 Å². The Morgan fingerprint density at radius 1 is 1.57 bits per heavy atom. The number of carbonyl (C=O) groups is 1. The van der Waals surface area contributed by atoms with Crippen molar-refractivity contribution in [1.29, 1.82) is 5.26 Å². The summed E-state index contributed by atoms with van der Waals surface area (Å²) in [4.78, 5) is 11.2. The molecule has 0 aliphatic rings. The summed E-state index contributed by atoms with van der Waals surface area (Å²) in [6, 6.07) is 4.87. The van der Waals surface area contributed by atoms with Gasteiger partial charge in [0.2, 0.25) is 0 Å². The van der Waals surface area contributed by atoms with E-state index in [-0.39, 0.29) is 5.78 Å². The van der Waals surface area contributed by atoms with Gasteiger partial charge >= 0.3 is 0 Å². The predicted molar refractivity (Wildman–Crippen MR) is 52.1 cm³/mol. The van der Waals surface area contributed by atoms with Crippen LogP contribution in [0.15, 0.2) is 12.1 Å². The summed E-state index contributed by atoms with van der Waals surface area (Å²) >= 11 is 0. The van der Waals surface area contributed by atoms with Gasteiger partial charge in [-0.3, -0.25) is 4.79 Å². The molecule has 4 nitrogen and oxygen atoms in total. The molecular weight excluding hydrogens is 180 g/mol. The average molecular weight is 190 g/mol. The Balaban J connectivity index is 3.45. The molecule has 0 heterocycles. The number of nitrogen functional groups attached to an aromatic ring is 1. The first-order valence-corrected chi connectivity index (χ1v) is 3.98. The van der Waals surface area contributed by atoms with Crippen molar-refractivity contribution in [3.8, 4) is 11.8 Å². The van der Waals surface area contributed by atoms with Crippen LogP contribution in [0, 0.1) is 11.3 Å². The van der Waals surface area contributed by atoms with Gasteiger partial charge in [0, 0.05) is 0 Å². The number of benzene rings is 1. The first kappa shape index (κ1) is 10.1. The van der Waals surface area contributed by atoms with Crippen LogP contribution in [0.3, 0.4) is 0 Å². The number of anilines is 1. The molecule has 0 unspecified atom stereocenters. The number of methoxy groups -OCH3 is 1. The van der Waals surface area contributed by atoms with Crippen LogP contribution in [-0.2, 0) is 0 Å². The number of nitrogens with zero attached hydrogens (tertiary/aromatic N) is 1. The molecule has 0 aliphatic carbocycles.